The van der Waals surface area contributed by atoms with Gasteiger partial charge in [0.15, 0.2) is 0 Å². The highest BCUT2D eigenvalue weighted by Gasteiger charge is 2.32. The largest absolute Gasteiger partial charge is 0.416 e. The lowest BCUT2D eigenvalue weighted by molar-refractivity contribution is -0.137. The Morgan fingerprint density at radius 1 is 1.13 bits per heavy atom. The molecule has 0 bridgehead atoms. The Hall–Kier alpha value is -3.78. The number of carbonyl (C=O) groups excluding carboxylic acids is 2. The summed E-state index contributed by atoms with van der Waals surface area (Å²) in [6.45, 7) is 2.27. The predicted octanol–water partition coefficient (Wildman–Crippen LogP) is 3.61. The molecule has 3 N–H and O–H groups in total. The summed E-state index contributed by atoms with van der Waals surface area (Å²) in [7, 11) is 0. The SMILES string of the molecule is O=C1NC(=O)/C(=C\c2ccnc(N3CCC(CNCc4cc(C(F)(F)F)cc(-c5ccn[nH]5)n4)CC3)n2)S1. The first kappa shape index (κ1) is 25.9. The number of amides is 2. The quantitative estimate of drug-likeness (QED) is 0.382. The van der Waals surface area contributed by atoms with Crippen LogP contribution in [0.3, 0.4) is 0 Å². The van der Waals surface area contributed by atoms with E-state index in [0.29, 0.717) is 48.6 Å². The number of thioether (sulfide) groups is 1. The summed E-state index contributed by atoms with van der Waals surface area (Å²) in [6, 6.07) is 5.33. The van der Waals surface area contributed by atoms with E-state index in [1.807, 2.05) is 0 Å². The zero-order valence-corrected chi connectivity index (χ0v) is 20.8. The lowest BCUT2D eigenvalue weighted by Crippen LogP contribution is -2.38. The molecule has 0 radical (unpaired) electrons. The molecule has 2 amide bonds. The number of hydrogen-bond acceptors (Lipinski definition) is 9. The van der Waals surface area contributed by atoms with Gasteiger partial charge in [-0.2, -0.15) is 18.3 Å². The van der Waals surface area contributed by atoms with E-state index in [4.69, 9.17) is 0 Å². The molecule has 3 aromatic rings. The molecule has 2 saturated heterocycles. The number of hydrogen-bond donors (Lipinski definition) is 3. The van der Waals surface area contributed by atoms with E-state index >= 15 is 0 Å². The summed E-state index contributed by atoms with van der Waals surface area (Å²) in [4.78, 5) is 38.7. The Morgan fingerprint density at radius 2 is 1.95 bits per heavy atom. The van der Waals surface area contributed by atoms with E-state index < -0.39 is 22.9 Å². The maximum absolute atomic E-state index is 13.4. The molecule has 10 nitrogen and oxygen atoms in total. The molecular weight excluding hydrogens is 521 g/mol. The highest BCUT2D eigenvalue weighted by atomic mass is 32.2. The predicted molar refractivity (Wildman–Crippen MR) is 135 cm³/mol. The normalized spacial score (nSPS) is 17.9. The van der Waals surface area contributed by atoms with Crippen LogP contribution in [0.15, 0.2) is 41.6 Å². The summed E-state index contributed by atoms with van der Waals surface area (Å²) in [6.07, 6.45) is 1.87. The molecule has 2 fully saturated rings. The van der Waals surface area contributed by atoms with Gasteiger partial charge in [0.25, 0.3) is 11.1 Å². The number of piperidine rings is 1. The van der Waals surface area contributed by atoms with Gasteiger partial charge in [0.05, 0.1) is 33.2 Å². The van der Waals surface area contributed by atoms with Crippen molar-refractivity contribution in [2.45, 2.75) is 25.6 Å². The molecule has 0 spiro atoms. The fraction of sp³-hybridized carbons (Fsp3) is 0.333. The topological polar surface area (TPSA) is 129 Å². The van der Waals surface area contributed by atoms with Crippen LogP contribution in [0.1, 0.15) is 29.8 Å². The van der Waals surface area contributed by atoms with Crippen molar-refractivity contribution in [1.82, 2.24) is 35.8 Å². The number of anilines is 1. The van der Waals surface area contributed by atoms with Crippen molar-refractivity contribution in [3.63, 3.8) is 0 Å². The Morgan fingerprint density at radius 3 is 2.63 bits per heavy atom. The Bertz CT molecular complexity index is 1350. The minimum atomic E-state index is -4.48. The van der Waals surface area contributed by atoms with E-state index in [0.717, 1.165) is 36.7 Å². The number of aromatic amines is 1. The molecule has 198 valence electrons. The lowest BCUT2D eigenvalue weighted by Gasteiger charge is -2.32. The van der Waals surface area contributed by atoms with Crippen LogP contribution in [0.4, 0.5) is 23.9 Å². The molecule has 38 heavy (non-hydrogen) atoms. The maximum Gasteiger partial charge on any atom is 0.416 e. The van der Waals surface area contributed by atoms with Crippen LogP contribution < -0.4 is 15.5 Å². The lowest BCUT2D eigenvalue weighted by atomic mass is 9.97. The molecule has 14 heteroatoms. The monoisotopic (exact) mass is 544 g/mol. The van der Waals surface area contributed by atoms with Crippen LogP contribution in [0.2, 0.25) is 0 Å². The van der Waals surface area contributed by atoms with Gasteiger partial charge >= 0.3 is 6.18 Å². The van der Waals surface area contributed by atoms with Crippen LogP contribution in [-0.2, 0) is 17.5 Å². The number of halogens is 3. The number of alkyl halides is 3. The molecular formula is C24H23F3N8O2S. The number of rotatable bonds is 7. The summed E-state index contributed by atoms with van der Waals surface area (Å²) in [5.41, 5.74) is 0.704. The first-order valence-corrected chi connectivity index (χ1v) is 12.7. The van der Waals surface area contributed by atoms with Gasteiger partial charge in [-0.05, 0) is 67.4 Å². The molecule has 2 aliphatic rings. The number of nitrogens with one attached hydrogen (secondary N) is 3. The van der Waals surface area contributed by atoms with Gasteiger partial charge in [-0.3, -0.25) is 20.0 Å². The fourth-order valence-electron chi connectivity index (χ4n) is 4.27. The molecule has 5 heterocycles. The minimum absolute atomic E-state index is 0.194. The number of nitrogens with zero attached hydrogens (tertiary/aromatic N) is 5. The van der Waals surface area contributed by atoms with E-state index in [1.165, 1.54) is 6.20 Å². The Balaban J connectivity index is 1.16. The highest BCUT2D eigenvalue weighted by molar-refractivity contribution is 8.18. The number of H-pyrrole nitrogens is 1. The van der Waals surface area contributed by atoms with E-state index in [-0.39, 0.29) is 17.1 Å². The first-order valence-electron chi connectivity index (χ1n) is 11.9. The second kappa shape index (κ2) is 10.9. The Labute approximate surface area is 219 Å². The standard InChI is InChI=1S/C24H23F3N8O2S/c25-24(26,27)15-9-17(31-19(10-15)18-2-6-30-34-18)13-28-12-14-3-7-35(8-4-14)22-29-5-1-16(32-22)11-20-21(36)33-23(37)38-20/h1-2,5-6,9-11,14,28H,3-4,7-8,12-13H2,(H,30,34)(H,33,36,37)/b20-11+. The summed E-state index contributed by atoms with van der Waals surface area (Å²) < 4.78 is 40.2. The average Bonchev–Trinajstić information content (AvgIpc) is 3.54. The molecule has 5 rings (SSSR count). The number of aromatic nitrogens is 5. The van der Waals surface area contributed by atoms with E-state index in [2.05, 4.69) is 40.7 Å². The van der Waals surface area contributed by atoms with Crippen LogP contribution in [0.5, 0.6) is 0 Å². The van der Waals surface area contributed by atoms with Gasteiger partial charge in [-0.25, -0.2) is 15.0 Å². The van der Waals surface area contributed by atoms with Crippen molar-refractivity contribution in [2.75, 3.05) is 24.5 Å². The van der Waals surface area contributed by atoms with Crippen LogP contribution in [0.25, 0.3) is 17.5 Å². The average molecular weight is 545 g/mol. The maximum atomic E-state index is 13.4. The summed E-state index contributed by atoms with van der Waals surface area (Å²) in [5, 5.41) is 11.5. The van der Waals surface area contributed by atoms with E-state index in [9.17, 15) is 22.8 Å². The van der Waals surface area contributed by atoms with Crippen LogP contribution >= 0.6 is 11.8 Å². The van der Waals surface area contributed by atoms with Gasteiger partial charge in [0.1, 0.15) is 0 Å². The molecule has 0 aromatic carbocycles. The van der Waals surface area contributed by atoms with Crippen molar-refractivity contribution < 1.29 is 22.8 Å². The van der Waals surface area contributed by atoms with Gasteiger partial charge < -0.3 is 10.2 Å². The third-order valence-electron chi connectivity index (χ3n) is 6.20. The van der Waals surface area contributed by atoms with Crippen molar-refractivity contribution in [1.29, 1.82) is 0 Å². The zero-order chi connectivity index (χ0) is 26.7. The molecule has 3 aromatic heterocycles. The fourth-order valence-corrected chi connectivity index (χ4v) is 4.94. The number of pyridine rings is 1. The Kier molecular flexibility index (Phi) is 7.42. The third-order valence-corrected chi connectivity index (χ3v) is 7.01. The van der Waals surface area contributed by atoms with Crippen LogP contribution in [-0.4, -0.2) is 55.9 Å². The molecule has 0 saturated carbocycles. The molecule has 0 atom stereocenters. The van der Waals surface area contributed by atoms with Crippen molar-refractivity contribution in [3.05, 3.63) is 58.5 Å². The van der Waals surface area contributed by atoms with Gasteiger partial charge in [0.2, 0.25) is 5.95 Å². The van der Waals surface area contributed by atoms with Gasteiger partial charge in [-0.15, -0.1) is 0 Å². The van der Waals surface area contributed by atoms with Gasteiger partial charge in [-0.1, -0.05) is 0 Å². The number of imide groups is 1. The van der Waals surface area contributed by atoms with Crippen molar-refractivity contribution in [3.8, 4) is 11.4 Å². The molecule has 0 unspecified atom stereocenters. The van der Waals surface area contributed by atoms with Crippen molar-refractivity contribution in [2.24, 2.45) is 5.92 Å². The third kappa shape index (κ3) is 6.19. The number of carbonyl (C=O) groups is 2. The van der Waals surface area contributed by atoms with E-state index in [1.54, 1.807) is 24.4 Å². The van der Waals surface area contributed by atoms with Crippen molar-refractivity contribution >= 4 is 34.9 Å². The molecule has 0 aliphatic carbocycles. The zero-order valence-electron chi connectivity index (χ0n) is 20.0. The second-order valence-corrected chi connectivity index (χ2v) is 9.91. The van der Waals surface area contributed by atoms with Gasteiger partial charge in [0, 0.05) is 32.0 Å². The summed E-state index contributed by atoms with van der Waals surface area (Å²) >= 11 is 0.834. The molecule has 2 aliphatic heterocycles. The smallest absolute Gasteiger partial charge is 0.341 e. The minimum Gasteiger partial charge on any atom is -0.341 e. The highest BCUT2D eigenvalue weighted by Crippen LogP contribution is 2.32. The first-order chi connectivity index (χ1) is 18.2. The second-order valence-electron chi connectivity index (χ2n) is 8.90. The summed E-state index contributed by atoms with van der Waals surface area (Å²) in [5.74, 6) is 0.436. The van der Waals surface area contributed by atoms with Crippen LogP contribution in [0, 0.1) is 5.92 Å².